The summed E-state index contributed by atoms with van der Waals surface area (Å²) in [5, 5.41) is 12.6. The van der Waals surface area contributed by atoms with Gasteiger partial charge in [0.2, 0.25) is 5.95 Å². The first kappa shape index (κ1) is 31.8. The Morgan fingerprint density at radius 2 is 1.02 bits per heavy atom. The van der Waals surface area contributed by atoms with Crippen molar-refractivity contribution in [2.24, 2.45) is 0 Å². The normalized spacial score (nSPS) is 12.3. The first-order valence-corrected chi connectivity index (χ1v) is 20.2. The highest BCUT2D eigenvalue weighted by atomic mass is 16.3. The van der Waals surface area contributed by atoms with Gasteiger partial charge >= 0.3 is 0 Å². The minimum atomic E-state index is 0.561. The average molecular weight is 767 g/mol. The van der Waals surface area contributed by atoms with Crippen molar-refractivity contribution in [2.45, 2.75) is 0 Å². The van der Waals surface area contributed by atoms with Gasteiger partial charge in [-0.1, -0.05) is 127 Å². The Hall–Kier alpha value is -8.22. The Balaban J connectivity index is 1.21. The minimum Gasteiger partial charge on any atom is -0.456 e. The molecule has 0 aliphatic carbocycles. The second kappa shape index (κ2) is 11.7. The number of rotatable bonds is 3. The fraction of sp³-hybridized carbons (Fsp3) is 0. The van der Waals surface area contributed by atoms with Gasteiger partial charge in [-0.2, -0.15) is 0 Å². The van der Waals surface area contributed by atoms with E-state index >= 15 is 0 Å². The first-order valence-electron chi connectivity index (χ1n) is 20.2. The number of para-hydroxylation sites is 4. The number of benzene rings is 9. The van der Waals surface area contributed by atoms with Gasteiger partial charge in [0.1, 0.15) is 28.0 Å². The molecule has 0 saturated carbocycles. The second-order valence-corrected chi connectivity index (χ2v) is 15.7. The van der Waals surface area contributed by atoms with Crippen LogP contribution in [0.15, 0.2) is 191 Å². The lowest BCUT2D eigenvalue weighted by Crippen LogP contribution is -2.04. The van der Waals surface area contributed by atoms with E-state index in [4.69, 9.17) is 18.8 Å². The molecule has 14 rings (SSSR count). The zero-order valence-corrected chi connectivity index (χ0v) is 31.9. The van der Waals surface area contributed by atoms with Crippen LogP contribution < -0.4 is 0 Å². The van der Waals surface area contributed by atoms with Gasteiger partial charge in [0.25, 0.3) is 0 Å². The Labute approximate surface area is 340 Å². The molecule has 5 aromatic heterocycles. The molecule has 0 radical (unpaired) electrons. The Kier molecular flexibility index (Phi) is 6.20. The van der Waals surface area contributed by atoms with Crippen molar-refractivity contribution in [3.05, 3.63) is 182 Å². The monoisotopic (exact) mass is 766 g/mol. The predicted octanol–water partition coefficient (Wildman–Crippen LogP) is 14.4. The number of aromatic nitrogens is 4. The molecule has 0 amide bonds. The largest absolute Gasteiger partial charge is 0.456 e. The molecular weight excluding hydrogens is 737 g/mol. The quantitative estimate of drug-likeness (QED) is 0.180. The molecular formula is C54H30N4O2. The highest BCUT2D eigenvalue weighted by molar-refractivity contribution is 6.39. The van der Waals surface area contributed by atoms with E-state index in [2.05, 4.69) is 155 Å². The lowest BCUT2D eigenvalue weighted by molar-refractivity contribution is 0.666. The van der Waals surface area contributed by atoms with Crippen LogP contribution in [0.2, 0.25) is 0 Å². The molecule has 0 fully saturated rings. The van der Waals surface area contributed by atoms with Crippen molar-refractivity contribution in [3.8, 4) is 22.9 Å². The van der Waals surface area contributed by atoms with Crippen molar-refractivity contribution in [3.63, 3.8) is 0 Å². The third kappa shape index (κ3) is 4.16. The van der Waals surface area contributed by atoms with Crippen molar-refractivity contribution in [2.75, 3.05) is 0 Å². The maximum atomic E-state index is 6.67. The van der Waals surface area contributed by atoms with E-state index in [0.717, 1.165) is 82.5 Å². The van der Waals surface area contributed by atoms with Gasteiger partial charge in [0.05, 0.1) is 22.1 Å². The molecule has 0 aliphatic rings. The summed E-state index contributed by atoms with van der Waals surface area (Å²) in [4.78, 5) is 11.1. The molecule has 5 heterocycles. The van der Waals surface area contributed by atoms with Gasteiger partial charge in [0.15, 0.2) is 5.58 Å². The number of nitrogens with zero attached hydrogens (tertiary/aromatic N) is 4. The van der Waals surface area contributed by atoms with Gasteiger partial charge < -0.3 is 13.4 Å². The van der Waals surface area contributed by atoms with Gasteiger partial charge in [-0.25, -0.2) is 9.97 Å². The molecule has 60 heavy (non-hydrogen) atoms. The Morgan fingerprint density at radius 1 is 0.383 bits per heavy atom. The third-order valence-electron chi connectivity index (χ3n) is 12.5. The van der Waals surface area contributed by atoms with E-state index in [0.29, 0.717) is 17.2 Å². The molecule has 0 unspecified atom stereocenters. The summed E-state index contributed by atoms with van der Waals surface area (Å²) in [5.74, 6) is 0.561. The fourth-order valence-corrected chi connectivity index (χ4v) is 10.0. The zero-order chi connectivity index (χ0) is 39.1. The van der Waals surface area contributed by atoms with Crippen molar-refractivity contribution < 1.29 is 8.83 Å². The molecule has 0 bridgehead atoms. The maximum Gasteiger partial charge on any atom is 0.236 e. The molecule has 278 valence electrons. The standard InChI is InChI=1S/C54H30N4O2/c1-2-15-33(16-3-1)57-42-29-27-31-14-4-5-17-34(31)47(42)48-38-20-7-6-19-37(38)46-39-21-8-11-23-41(39)58(51(46)52(48)57)54-55-49(53-50(56-54)40-22-10-13-25-44(40)60-53)32-26-28-36-35-18-9-12-24-43(35)59-45(36)30-32/h1-30H. The van der Waals surface area contributed by atoms with Crippen LogP contribution in [-0.2, 0) is 0 Å². The number of hydrogen-bond donors (Lipinski definition) is 0. The topological polar surface area (TPSA) is 61.9 Å². The summed E-state index contributed by atoms with van der Waals surface area (Å²) < 4.78 is 17.8. The molecule has 0 saturated heterocycles. The van der Waals surface area contributed by atoms with Crippen LogP contribution in [0, 0.1) is 0 Å². The van der Waals surface area contributed by atoms with E-state index in [-0.39, 0.29) is 0 Å². The van der Waals surface area contributed by atoms with Crippen molar-refractivity contribution in [1.82, 2.24) is 19.1 Å². The summed E-state index contributed by atoms with van der Waals surface area (Å²) in [6, 6.07) is 64.2. The van der Waals surface area contributed by atoms with E-state index in [1.54, 1.807) is 0 Å². The Bertz CT molecular complexity index is 4130. The highest BCUT2D eigenvalue weighted by Gasteiger charge is 2.28. The lowest BCUT2D eigenvalue weighted by Gasteiger charge is -2.14. The van der Waals surface area contributed by atoms with Crippen LogP contribution in [0.5, 0.6) is 0 Å². The SMILES string of the molecule is c1ccc(-n2c3ccc4ccccc4c3c3c4ccccc4c4c5ccccc5n(-c5nc(-c6ccc7c(c6)oc6ccccc67)c6oc7ccccc7c6n5)c4c32)cc1. The number of furan rings is 2. The van der Waals surface area contributed by atoms with E-state index in [9.17, 15) is 0 Å². The van der Waals surface area contributed by atoms with E-state index in [1.807, 2.05) is 36.4 Å². The van der Waals surface area contributed by atoms with E-state index < -0.39 is 0 Å². The zero-order valence-electron chi connectivity index (χ0n) is 31.9. The van der Waals surface area contributed by atoms with Crippen LogP contribution >= 0.6 is 0 Å². The van der Waals surface area contributed by atoms with Gasteiger partial charge in [0, 0.05) is 49.0 Å². The lowest BCUT2D eigenvalue weighted by atomic mass is 9.96. The van der Waals surface area contributed by atoms with E-state index in [1.165, 1.54) is 32.3 Å². The molecule has 0 aliphatic heterocycles. The third-order valence-corrected chi connectivity index (χ3v) is 12.5. The van der Waals surface area contributed by atoms with Crippen molar-refractivity contribution in [1.29, 1.82) is 0 Å². The average Bonchev–Trinajstić information content (AvgIpc) is 4.07. The summed E-state index contributed by atoms with van der Waals surface area (Å²) in [7, 11) is 0. The fourth-order valence-electron chi connectivity index (χ4n) is 10.0. The van der Waals surface area contributed by atoms with Gasteiger partial charge in [-0.05, 0) is 76.1 Å². The van der Waals surface area contributed by atoms with Crippen LogP contribution in [0.4, 0.5) is 0 Å². The maximum absolute atomic E-state index is 6.67. The van der Waals surface area contributed by atoms with Crippen LogP contribution in [0.3, 0.4) is 0 Å². The Morgan fingerprint density at radius 3 is 1.85 bits per heavy atom. The van der Waals surface area contributed by atoms with Crippen LogP contribution in [0.1, 0.15) is 0 Å². The summed E-state index contributed by atoms with van der Waals surface area (Å²) in [6.45, 7) is 0. The molecule has 14 aromatic rings. The van der Waals surface area contributed by atoms with Gasteiger partial charge in [-0.3, -0.25) is 4.57 Å². The van der Waals surface area contributed by atoms with Crippen LogP contribution in [-0.4, -0.2) is 19.1 Å². The molecule has 6 nitrogen and oxygen atoms in total. The van der Waals surface area contributed by atoms with Gasteiger partial charge in [-0.15, -0.1) is 0 Å². The predicted molar refractivity (Wildman–Crippen MR) is 246 cm³/mol. The second-order valence-electron chi connectivity index (χ2n) is 15.7. The highest BCUT2D eigenvalue weighted by Crippen LogP contribution is 2.48. The summed E-state index contributed by atoms with van der Waals surface area (Å²) in [5.41, 5.74) is 10.8. The van der Waals surface area contributed by atoms with Crippen molar-refractivity contribution >= 4 is 109 Å². The number of hydrogen-bond acceptors (Lipinski definition) is 4. The smallest absolute Gasteiger partial charge is 0.236 e. The summed E-state index contributed by atoms with van der Waals surface area (Å²) >= 11 is 0. The first-order chi connectivity index (χ1) is 29.8. The molecule has 0 spiro atoms. The molecule has 0 atom stereocenters. The van der Waals surface area contributed by atoms with Crippen LogP contribution in [0.25, 0.3) is 132 Å². The minimum absolute atomic E-state index is 0.561. The molecule has 9 aromatic carbocycles. The summed E-state index contributed by atoms with van der Waals surface area (Å²) in [6.07, 6.45) is 0. The number of fused-ring (bicyclic) bond motifs is 18. The molecule has 6 heteroatoms. The molecule has 0 N–H and O–H groups in total.